The lowest BCUT2D eigenvalue weighted by Crippen LogP contribution is -2.27. The number of benzene rings is 1. The molecule has 1 aromatic heterocycles. The minimum Gasteiger partial charge on any atom is -0.327 e. The van der Waals surface area contributed by atoms with E-state index in [0.717, 1.165) is 29.3 Å². The van der Waals surface area contributed by atoms with Crippen molar-refractivity contribution < 1.29 is 0 Å². The normalized spacial score (nSPS) is 18.2. The molecule has 0 amide bonds. The molecule has 0 atom stereocenters. The van der Waals surface area contributed by atoms with Gasteiger partial charge in [0, 0.05) is 23.9 Å². The minimum absolute atomic E-state index is 0.382. The third-order valence-corrected chi connectivity index (χ3v) is 5.13. The largest absolute Gasteiger partial charge is 0.327 e. The maximum Gasteiger partial charge on any atom is 0.111 e. The van der Waals surface area contributed by atoms with Crippen LogP contribution in [0.15, 0.2) is 18.2 Å². The Morgan fingerprint density at radius 1 is 1.24 bits per heavy atom. The smallest absolute Gasteiger partial charge is 0.111 e. The Balaban J connectivity index is 2.00. The predicted molar refractivity (Wildman–Crippen MR) is 90.4 cm³/mol. The number of halogens is 2. The molecule has 1 aliphatic carbocycles. The van der Waals surface area contributed by atoms with Crippen molar-refractivity contribution in [2.24, 2.45) is 5.41 Å². The van der Waals surface area contributed by atoms with Crippen molar-refractivity contribution in [3.8, 4) is 0 Å². The Hall–Kier alpha value is -0.730. The number of nitrogens with zero attached hydrogens (tertiary/aromatic N) is 2. The molecule has 0 N–H and O–H groups in total. The third-order valence-electron chi connectivity index (χ3n) is 4.71. The van der Waals surface area contributed by atoms with Gasteiger partial charge in [0.1, 0.15) is 5.82 Å². The van der Waals surface area contributed by atoms with Gasteiger partial charge in [-0.1, -0.05) is 37.8 Å². The summed E-state index contributed by atoms with van der Waals surface area (Å²) in [5.74, 6) is 1.70. The quantitative estimate of drug-likeness (QED) is 0.684. The second-order valence-corrected chi connectivity index (χ2v) is 7.37. The summed E-state index contributed by atoms with van der Waals surface area (Å²) >= 11 is 12.1. The van der Waals surface area contributed by atoms with Gasteiger partial charge in [-0.25, -0.2) is 4.98 Å². The van der Waals surface area contributed by atoms with Crippen LogP contribution in [0.2, 0.25) is 5.02 Å². The summed E-state index contributed by atoms with van der Waals surface area (Å²) < 4.78 is 2.37. The maximum atomic E-state index is 6.10. The summed E-state index contributed by atoms with van der Waals surface area (Å²) in [6.07, 6.45) is 7.50. The Kier molecular flexibility index (Phi) is 4.46. The number of aromatic nitrogens is 2. The SMILES string of the molecule is CC1(Cn2c(CCCl)nc3cc(Cl)ccc32)CCCCC1. The second kappa shape index (κ2) is 6.18. The molecule has 1 aliphatic rings. The number of fused-ring (bicyclic) bond motifs is 1. The molecule has 21 heavy (non-hydrogen) atoms. The van der Waals surface area contributed by atoms with Crippen LogP contribution in [-0.2, 0) is 13.0 Å². The van der Waals surface area contributed by atoms with E-state index in [1.807, 2.05) is 12.1 Å². The number of rotatable bonds is 4. The van der Waals surface area contributed by atoms with Crippen LogP contribution in [0.3, 0.4) is 0 Å². The molecule has 3 rings (SSSR count). The first-order valence-electron chi connectivity index (χ1n) is 7.82. The number of hydrogen-bond donors (Lipinski definition) is 0. The number of alkyl halides is 1. The van der Waals surface area contributed by atoms with E-state index >= 15 is 0 Å². The van der Waals surface area contributed by atoms with Crippen LogP contribution in [0.1, 0.15) is 44.9 Å². The van der Waals surface area contributed by atoms with Gasteiger partial charge >= 0.3 is 0 Å². The average Bonchev–Trinajstić information content (AvgIpc) is 2.76. The molecule has 0 unspecified atom stereocenters. The maximum absolute atomic E-state index is 6.10. The topological polar surface area (TPSA) is 17.8 Å². The van der Waals surface area contributed by atoms with Gasteiger partial charge < -0.3 is 4.57 Å². The average molecular weight is 325 g/mol. The van der Waals surface area contributed by atoms with Crippen molar-refractivity contribution in [3.63, 3.8) is 0 Å². The zero-order chi connectivity index (χ0) is 14.9. The molecular weight excluding hydrogens is 303 g/mol. The molecule has 1 fully saturated rings. The molecule has 1 heterocycles. The Labute approximate surface area is 136 Å². The van der Waals surface area contributed by atoms with Crippen molar-refractivity contribution in [3.05, 3.63) is 29.0 Å². The first-order valence-corrected chi connectivity index (χ1v) is 8.73. The third kappa shape index (κ3) is 3.22. The van der Waals surface area contributed by atoms with E-state index in [4.69, 9.17) is 28.2 Å². The van der Waals surface area contributed by atoms with Gasteiger partial charge in [0.2, 0.25) is 0 Å². The number of imidazole rings is 1. The van der Waals surface area contributed by atoms with Crippen LogP contribution in [0.25, 0.3) is 11.0 Å². The fraction of sp³-hybridized carbons (Fsp3) is 0.588. The standard InChI is InChI=1S/C17H22Cl2N2/c1-17(8-3-2-4-9-17)12-21-15-6-5-13(19)11-14(15)20-16(21)7-10-18/h5-6,11H,2-4,7-10,12H2,1H3. The van der Waals surface area contributed by atoms with Crippen molar-refractivity contribution in [1.82, 2.24) is 9.55 Å². The first kappa shape index (κ1) is 15.2. The van der Waals surface area contributed by atoms with Gasteiger partial charge in [0.25, 0.3) is 0 Å². The van der Waals surface area contributed by atoms with E-state index in [1.54, 1.807) is 0 Å². The Morgan fingerprint density at radius 3 is 2.71 bits per heavy atom. The van der Waals surface area contributed by atoms with Crippen LogP contribution >= 0.6 is 23.2 Å². The fourth-order valence-electron chi connectivity index (χ4n) is 3.55. The molecular formula is C17H22Cl2N2. The fourth-order valence-corrected chi connectivity index (χ4v) is 3.89. The van der Waals surface area contributed by atoms with E-state index in [9.17, 15) is 0 Å². The predicted octanol–water partition coefficient (Wildman–Crippen LogP) is 5.44. The van der Waals surface area contributed by atoms with Gasteiger partial charge in [-0.15, -0.1) is 11.6 Å². The lowest BCUT2D eigenvalue weighted by Gasteiger charge is -2.34. The summed E-state index contributed by atoms with van der Waals surface area (Å²) in [4.78, 5) is 4.75. The molecule has 1 saturated carbocycles. The molecule has 0 saturated heterocycles. The molecule has 0 spiro atoms. The monoisotopic (exact) mass is 324 g/mol. The molecule has 4 heteroatoms. The zero-order valence-electron chi connectivity index (χ0n) is 12.5. The second-order valence-electron chi connectivity index (χ2n) is 6.56. The van der Waals surface area contributed by atoms with Gasteiger partial charge in [0.05, 0.1) is 11.0 Å². The zero-order valence-corrected chi connectivity index (χ0v) is 14.1. The van der Waals surface area contributed by atoms with E-state index in [0.29, 0.717) is 11.3 Å². The van der Waals surface area contributed by atoms with E-state index in [-0.39, 0.29) is 0 Å². The first-order chi connectivity index (χ1) is 10.1. The molecule has 2 nitrogen and oxygen atoms in total. The van der Waals surface area contributed by atoms with Crippen molar-refractivity contribution >= 4 is 34.2 Å². The highest BCUT2D eigenvalue weighted by atomic mass is 35.5. The lowest BCUT2D eigenvalue weighted by atomic mass is 9.75. The van der Waals surface area contributed by atoms with E-state index < -0.39 is 0 Å². The lowest BCUT2D eigenvalue weighted by molar-refractivity contribution is 0.183. The summed E-state index contributed by atoms with van der Waals surface area (Å²) in [7, 11) is 0. The highest BCUT2D eigenvalue weighted by Crippen LogP contribution is 2.38. The van der Waals surface area contributed by atoms with Crippen LogP contribution in [0.5, 0.6) is 0 Å². The van der Waals surface area contributed by atoms with Gasteiger partial charge in [-0.05, 0) is 36.5 Å². The minimum atomic E-state index is 0.382. The van der Waals surface area contributed by atoms with Crippen LogP contribution in [-0.4, -0.2) is 15.4 Å². The van der Waals surface area contributed by atoms with Gasteiger partial charge in [-0.2, -0.15) is 0 Å². The van der Waals surface area contributed by atoms with E-state index in [1.165, 1.54) is 37.6 Å². The van der Waals surface area contributed by atoms with E-state index in [2.05, 4.69) is 17.6 Å². The molecule has 0 aliphatic heterocycles. The number of aryl methyl sites for hydroxylation is 1. The van der Waals surface area contributed by atoms with Crippen molar-refractivity contribution in [2.45, 2.75) is 52.0 Å². The Bertz CT molecular complexity index is 627. The summed E-state index contributed by atoms with van der Waals surface area (Å²) in [6.45, 7) is 3.45. The number of hydrogen-bond acceptors (Lipinski definition) is 1. The highest BCUT2D eigenvalue weighted by Gasteiger charge is 2.28. The van der Waals surface area contributed by atoms with Crippen molar-refractivity contribution in [2.75, 3.05) is 5.88 Å². The van der Waals surface area contributed by atoms with Crippen molar-refractivity contribution in [1.29, 1.82) is 0 Å². The summed E-state index contributed by atoms with van der Waals surface area (Å²) in [5, 5.41) is 0.744. The molecule has 2 aromatic rings. The Morgan fingerprint density at radius 2 is 2.00 bits per heavy atom. The summed E-state index contributed by atoms with van der Waals surface area (Å²) in [5.41, 5.74) is 2.56. The van der Waals surface area contributed by atoms with Crippen LogP contribution < -0.4 is 0 Å². The van der Waals surface area contributed by atoms with Crippen LogP contribution in [0, 0.1) is 5.41 Å². The molecule has 0 bridgehead atoms. The van der Waals surface area contributed by atoms with Crippen LogP contribution in [0.4, 0.5) is 0 Å². The molecule has 114 valence electrons. The van der Waals surface area contributed by atoms with Gasteiger partial charge in [-0.3, -0.25) is 0 Å². The molecule has 1 aromatic carbocycles. The van der Waals surface area contributed by atoms with Gasteiger partial charge in [0.15, 0.2) is 0 Å². The highest BCUT2D eigenvalue weighted by molar-refractivity contribution is 6.31. The summed E-state index contributed by atoms with van der Waals surface area (Å²) in [6, 6.07) is 6.00. The molecule has 0 radical (unpaired) electrons.